The number of benzene rings is 1. The SMILES string of the molecule is C[C@]1(CNC(=O)N[C@H]2CCO[C@H](c3ccccc3)C2)CCCS1. The molecule has 0 spiro atoms. The van der Waals surface area contributed by atoms with E-state index in [0.717, 1.165) is 19.4 Å². The molecule has 126 valence electrons. The third-order valence-electron chi connectivity index (χ3n) is 4.71. The summed E-state index contributed by atoms with van der Waals surface area (Å²) in [6.45, 7) is 3.68. The van der Waals surface area contributed by atoms with E-state index in [1.807, 2.05) is 30.0 Å². The molecular formula is C18H26N2O2S. The van der Waals surface area contributed by atoms with Crippen LogP contribution in [0.5, 0.6) is 0 Å². The molecule has 2 heterocycles. The van der Waals surface area contributed by atoms with Gasteiger partial charge in [-0.05, 0) is 43.9 Å². The molecule has 2 aliphatic rings. The monoisotopic (exact) mass is 334 g/mol. The van der Waals surface area contributed by atoms with Crippen molar-refractivity contribution in [2.45, 2.75) is 49.5 Å². The predicted molar refractivity (Wildman–Crippen MR) is 94.8 cm³/mol. The summed E-state index contributed by atoms with van der Waals surface area (Å²) >= 11 is 1.97. The topological polar surface area (TPSA) is 50.4 Å². The van der Waals surface area contributed by atoms with E-state index < -0.39 is 0 Å². The van der Waals surface area contributed by atoms with Gasteiger partial charge in [0.05, 0.1) is 6.10 Å². The van der Waals surface area contributed by atoms with Gasteiger partial charge in [0.15, 0.2) is 0 Å². The highest BCUT2D eigenvalue weighted by Crippen LogP contribution is 2.37. The van der Waals surface area contributed by atoms with E-state index in [4.69, 9.17) is 4.74 Å². The number of hydrogen-bond donors (Lipinski definition) is 2. The molecule has 0 aliphatic carbocycles. The maximum atomic E-state index is 12.2. The number of rotatable bonds is 4. The molecule has 2 aliphatic heterocycles. The lowest BCUT2D eigenvalue weighted by atomic mass is 9.97. The molecule has 2 saturated heterocycles. The van der Waals surface area contributed by atoms with E-state index in [9.17, 15) is 4.79 Å². The highest BCUT2D eigenvalue weighted by Gasteiger charge is 2.30. The molecule has 2 N–H and O–H groups in total. The molecule has 1 aromatic rings. The Balaban J connectivity index is 1.46. The molecule has 0 bridgehead atoms. The second-order valence-corrected chi connectivity index (χ2v) is 8.40. The minimum absolute atomic E-state index is 0.0440. The normalized spacial score (nSPS) is 30.8. The largest absolute Gasteiger partial charge is 0.373 e. The van der Waals surface area contributed by atoms with E-state index in [1.54, 1.807) is 0 Å². The van der Waals surface area contributed by atoms with Crippen molar-refractivity contribution in [2.75, 3.05) is 18.9 Å². The van der Waals surface area contributed by atoms with Crippen LogP contribution in [0, 0.1) is 0 Å². The maximum absolute atomic E-state index is 12.2. The zero-order valence-electron chi connectivity index (χ0n) is 13.7. The number of urea groups is 1. The van der Waals surface area contributed by atoms with Gasteiger partial charge in [-0.25, -0.2) is 4.79 Å². The van der Waals surface area contributed by atoms with E-state index in [1.165, 1.54) is 24.2 Å². The standard InChI is InChI=1S/C18H26N2O2S/c1-18(9-5-11-23-18)13-19-17(21)20-15-8-10-22-16(12-15)14-6-3-2-4-7-14/h2-4,6-7,15-16H,5,8-13H2,1H3,(H2,19,20,21)/t15-,16-,18+/m0/s1. The van der Waals surface area contributed by atoms with Crippen molar-refractivity contribution in [3.8, 4) is 0 Å². The van der Waals surface area contributed by atoms with Crippen molar-refractivity contribution in [1.29, 1.82) is 0 Å². The van der Waals surface area contributed by atoms with E-state index in [-0.39, 0.29) is 22.9 Å². The number of carbonyl (C=O) groups is 1. The van der Waals surface area contributed by atoms with Gasteiger partial charge < -0.3 is 15.4 Å². The van der Waals surface area contributed by atoms with Crippen molar-refractivity contribution in [2.24, 2.45) is 0 Å². The first-order chi connectivity index (χ1) is 11.1. The van der Waals surface area contributed by atoms with Crippen LogP contribution in [0.25, 0.3) is 0 Å². The van der Waals surface area contributed by atoms with Crippen molar-refractivity contribution in [3.05, 3.63) is 35.9 Å². The molecule has 23 heavy (non-hydrogen) atoms. The highest BCUT2D eigenvalue weighted by atomic mass is 32.2. The summed E-state index contributed by atoms with van der Waals surface area (Å²) in [5.74, 6) is 1.21. The number of nitrogens with one attached hydrogen (secondary N) is 2. The Morgan fingerprint density at radius 3 is 2.96 bits per heavy atom. The minimum Gasteiger partial charge on any atom is -0.373 e. The van der Waals surface area contributed by atoms with Crippen LogP contribution in [0.1, 0.15) is 44.3 Å². The molecule has 0 saturated carbocycles. The number of ether oxygens (including phenoxy) is 1. The Hall–Kier alpha value is -1.20. The minimum atomic E-state index is -0.0440. The Bertz CT molecular complexity index is 517. The average molecular weight is 334 g/mol. The Morgan fingerprint density at radius 2 is 2.22 bits per heavy atom. The summed E-state index contributed by atoms with van der Waals surface area (Å²) in [6.07, 6.45) is 4.24. The average Bonchev–Trinajstić information content (AvgIpc) is 3.01. The zero-order chi connectivity index (χ0) is 16.1. The lowest BCUT2D eigenvalue weighted by Gasteiger charge is -2.31. The molecule has 3 rings (SSSR count). The van der Waals surface area contributed by atoms with Crippen LogP contribution in [0.2, 0.25) is 0 Å². The molecule has 2 fully saturated rings. The van der Waals surface area contributed by atoms with Crippen LogP contribution in [0.4, 0.5) is 4.79 Å². The molecule has 3 atom stereocenters. The highest BCUT2D eigenvalue weighted by molar-refractivity contribution is 8.00. The first-order valence-corrected chi connectivity index (χ1v) is 9.48. The first kappa shape index (κ1) is 16.7. The maximum Gasteiger partial charge on any atom is 0.315 e. The molecule has 4 nitrogen and oxygen atoms in total. The van der Waals surface area contributed by atoms with Crippen LogP contribution in [0.15, 0.2) is 30.3 Å². The van der Waals surface area contributed by atoms with Gasteiger partial charge in [-0.3, -0.25) is 0 Å². The van der Waals surface area contributed by atoms with Gasteiger partial charge in [0.1, 0.15) is 0 Å². The van der Waals surface area contributed by atoms with E-state index in [2.05, 4.69) is 29.7 Å². The first-order valence-electron chi connectivity index (χ1n) is 8.49. The molecule has 0 unspecified atom stereocenters. The lowest BCUT2D eigenvalue weighted by molar-refractivity contribution is 0.00225. The fraction of sp³-hybridized carbons (Fsp3) is 0.611. The summed E-state index contributed by atoms with van der Waals surface area (Å²) in [7, 11) is 0. The molecule has 0 radical (unpaired) electrons. The molecule has 1 aromatic carbocycles. The van der Waals surface area contributed by atoms with Crippen molar-refractivity contribution >= 4 is 17.8 Å². The van der Waals surface area contributed by atoms with E-state index >= 15 is 0 Å². The Morgan fingerprint density at radius 1 is 1.39 bits per heavy atom. The lowest BCUT2D eigenvalue weighted by Crippen LogP contribution is -2.48. The van der Waals surface area contributed by atoms with Crippen LogP contribution in [-0.4, -0.2) is 35.7 Å². The number of thioether (sulfide) groups is 1. The van der Waals surface area contributed by atoms with Gasteiger partial charge in [-0.1, -0.05) is 30.3 Å². The van der Waals surface area contributed by atoms with Crippen LogP contribution >= 0.6 is 11.8 Å². The van der Waals surface area contributed by atoms with Gasteiger partial charge in [0, 0.05) is 23.9 Å². The summed E-state index contributed by atoms with van der Waals surface area (Å²) in [5.41, 5.74) is 1.19. The second kappa shape index (κ2) is 7.58. The summed E-state index contributed by atoms with van der Waals surface area (Å²) in [4.78, 5) is 12.2. The van der Waals surface area contributed by atoms with Crippen molar-refractivity contribution in [3.63, 3.8) is 0 Å². The third-order valence-corrected chi connectivity index (χ3v) is 6.25. The molecule has 0 aromatic heterocycles. The number of carbonyl (C=O) groups excluding carboxylic acids is 1. The van der Waals surface area contributed by atoms with Crippen molar-refractivity contribution in [1.82, 2.24) is 10.6 Å². The zero-order valence-corrected chi connectivity index (χ0v) is 14.5. The van der Waals surface area contributed by atoms with Crippen LogP contribution in [0.3, 0.4) is 0 Å². The third kappa shape index (κ3) is 4.64. The Kier molecular flexibility index (Phi) is 5.49. The Labute approximate surface area is 142 Å². The quantitative estimate of drug-likeness (QED) is 0.886. The predicted octanol–water partition coefficient (Wildman–Crippen LogP) is 3.49. The summed E-state index contributed by atoms with van der Waals surface area (Å²) in [6, 6.07) is 10.4. The molecule has 5 heteroatoms. The van der Waals surface area contributed by atoms with Crippen LogP contribution in [-0.2, 0) is 4.74 Å². The van der Waals surface area contributed by atoms with Gasteiger partial charge in [0.2, 0.25) is 0 Å². The number of amides is 2. The fourth-order valence-electron chi connectivity index (χ4n) is 3.31. The van der Waals surface area contributed by atoms with Gasteiger partial charge in [-0.2, -0.15) is 11.8 Å². The molecular weight excluding hydrogens is 308 g/mol. The molecule has 2 amide bonds. The second-order valence-electron chi connectivity index (χ2n) is 6.72. The van der Waals surface area contributed by atoms with Gasteiger partial charge in [0.25, 0.3) is 0 Å². The van der Waals surface area contributed by atoms with Crippen LogP contribution < -0.4 is 10.6 Å². The van der Waals surface area contributed by atoms with E-state index in [0.29, 0.717) is 6.61 Å². The van der Waals surface area contributed by atoms with Gasteiger partial charge in [-0.15, -0.1) is 0 Å². The van der Waals surface area contributed by atoms with Crippen molar-refractivity contribution < 1.29 is 9.53 Å². The smallest absolute Gasteiger partial charge is 0.315 e. The fourth-order valence-corrected chi connectivity index (χ4v) is 4.55. The van der Waals surface area contributed by atoms with Gasteiger partial charge >= 0.3 is 6.03 Å². The summed E-state index contributed by atoms with van der Waals surface area (Å²) in [5, 5.41) is 6.18. The summed E-state index contributed by atoms with van der Waals surface area (Å²) < 4.78 is 6.07. The number of hydrogen-bond acceptors (Lipinski definition) is 3.